The van der Waals surface area contributed by atoms with E-state index in [1.54, 1.807) is 28.9 Å². The van der Waals surface area contributed by atoms with Crippen molar-refractivity contribution in [1.29, 1.82) is 0 Å². The Bertz CT molecular complexity index is 935. The van der Waals surface area contributed by atoms with E-state index in [1.807, 2.05) is 45.9 Å². The Morgan fingerprint density at radius 1 is 1.15 bits per heavy atom. The van der Waals surface area contributed by atoms with Gasteiger partial charge in [-0.2, -0.15) is 4.68 Å². The SMILES string of the molecule is CC[C@](C)(c1nnnn1-c1c(C)cccc1C)N(N=O)c1ccc(Cl)cc1. The van der Waals surface area contributed by atoms with E-state index in [0.29, 0.717) is 23.0 Å². The summed E-state index contributed by atoms with van der Waals surface area (Å²) in [5, 5.41) is 17.7. The molecule has 0 aliphatic heterocycles. The van der Waals surface area contributed by atoms with Crippen molar-refractivity contribution in [2.45, 2.75) is 39.7 Å². The summed E-state index contributed by atoms with van der Waals surface area (Å²) in [7, 11) is 0. The largest absolute Gasteiger partial charge is 0.216 e. The molecule has 1 atom stereocenters. The minimum atomic E-state index is -0.853. The number of hydrogen-bond acceptors (Lipinski definition) is 5. The van der Waals surface area contributed by atoms with Crippen LogP contribution in [-0.2, 0) is 5.54 Å². The van der Waals surface area contributed by atoms with Crippen molar-refractivity contribution >= 4 is 17.3 Å². The van der Waals surface area contributed by atoms with Crippen molar-refractivity contribution < 1.29 is 0 Å². The maximum Gasteiger partial charge on any atom is 0.184 e. The van der Waals surface area contributed by atoms with Crippen LogP contribution in [0.15, 0.2) is 47.8 Å². The van der Waals surface area contributed by atoms with Crippen LogP contribution in [0.4, 0.5) is 5.69 Å². The first-order valence-corrected chi connectivity index (χ1v) is 9.04. The monoisotopic (exact) mass is 384 g/mol. The van der Waals surface area contributed by atoms with Gasteiger partial charge >= 0.3 is 0 Å². The molecule has 0 saturated carbocycles. The summed E-state index contributed by atoms with van der Waals surface area (Å²) in [4.78, 5) is 11.8. The van der Waals surface area contributed by atoms with Gasteiger partial charge in [-0.25, -0.2) is 5.01 Å². The molecule has 0 saturated heterocycles. The van der Waals surface area contributed by atoms with Crippen molar-refractivity contribution in [2.24, 2.45) is 5.29 Å². The molecule has 0 fully saturated rings. The molecule has 27 heavy (non-hydrogen) atoms. The lowest BCUT2D eigenvalue weighted by Crippen LogP contribution is -2.42. The van der Waals surface area contributed by atoms with Gasteiger partial charge in [0.2, 0.25) is 0 Å². The molecular weight excluding hydrogens is 364 g/mol. The van der Waals surface area contributed by atoms with Crippen molar-refractivity contribution in [3.05, 3.63) is 69.3 Å². The first-order chi connectivity index (χ1) is 12.9. The normalized spacial score (nSPS) is 13.2. The van der Waals surface area contributed by atoms with Crippen molar-refractivity contribution in [2.75, 3.05) is 5.01 Å². The number of benzene rings is 2. The van der Waals surface area contributed by atoms with Crippen molar-refractivity contribution in [3.63, 3.8) is 0 Å². The molecule has 0 bridgehead atoms. The van der Waals surface area contributed by atoms with Crippen LogP contribution >= 0.6 is 11.6 Å². The molecular formula is C19H21ClN6O. The number of tetrazole rings is 1. The molecule has 3 rings (SSSR count). The fourth-order valence-corrected chi connectivity index (χ4v) is 3.35. The van der Waals surface area contributed by atoms with Crippen molar-refractivity contribution in [1.82, 2.24) is 20.2 Å². The lowest BCUT2D eigenvalue weighted by molar-refractivity contribution is 0.392. The van der Waals surface area contributed by atoms with Gasteiger partial charge in [0.15, 0.2) is 5.82 Å². The van der Waals surface area contributed by atoms with Gasteiger partial charge in [-0.3, -0.25) is 0 Å². The van der Waals surface area contributed by atoms with E-state index < -0.39 is 5.54 Å². The van der Waals surface area contributed by atoms with Crippen LogP contribution in [0.1, 0.15) is 37.2 Å². The highest BCUT2D eigenvalue weighted by Gasteiger charge is 2.40. The maximum atomic E-state index is 11.8. The average molecular weight is 385 g/mol. The zero-order valence-corrected chi connectivity index (χ0v) is 16.5. The molecule has 8 heteroatoms. The van der Waals surface area contributed by atoms with E-state index in [4.69, 9.17) is 11.6 Å². The van der Waals surface area contributed by atoms with Gasteiger partial charge in [-0.15, -0.1) is 10.0 Å². The van der Waals surface area contributed by atoms with Gasteiger partial charge in [0.1, 0.15) is 5.54 Å². The molecule has 140 valence electrons. The zero-order chi connectivity index (χ0) is 19.6. The second kappa shape index (κ2) is 7.44. The molecule has 1 heterocycles. The fourth-order valence-electron chi connectivity index (χ4n) is 3.22. The minimum Gasteiger partial charge on any atom is -0.216 e. The van der Waals surface area contributed by atoms with E-state index in [-0.39, 0.29) is 0 Å². The molecule has 0 spiro atoms. The highest BCUT2D eigenvalue weighted by Crippen LogP contribution is 2.36. The summed E-state index contributed by atoms with van der Waals surface area (Å²) in [6, 6.07) is 13.0. The number of hydrogen-bond donors (Lipinski definition) is 0. The van der Waals surface area contributed by atoms with Crippen LogP contribution in [0, 0.1) is 18.8 Å². The second-order valence-electron chi connectivity index (χ2n) is 6.65. The Labute approximate surface area is 162 Å². The summed E-state index contributed by atoms with van der Waals surface area (Å²) in [6.45, 7) is 7.88. The Hall–Kier alpha value is -2.80. The standard InChI is InChI=1S/C19H21ClN6O/c1-5-19(4,26(24-27)16-11-9-15(20)10-12-16)18-21-22-23-25(18)17-13(2)7-6-8-14(17)3/h6-12H,5H2,1-4H3/t19-/m1/s1. The van der Waals surface area contributed by atoms with E-state index in [2.05, 4.69) is 20.8 Å². The number of aryl methyl sites for hydroxylation is 2. The number of aromatic nitrogens is 4. The molecule has 3 aromatic rings. The summed E-state index contributed by atoms with van der Waals surface area (Å²) in [5.74, 6) is 0.539. The van der Waals surface area contributed by atoms with Gasteiger partial charge < -0.3 is 0 Å². The molecule has 0 N–H and O–H groups in total. The second-order valence-corrected chi connectivity index (χ2v) is 7.09. The molecule has 2 aromatic carbocycles. The Morgan fingerprint density at radius 3 is 2.33 bits per heavy atom. The zero-order valence-electron chi connectivity index (χ0n) is 15.7. The van der Waals surface area contributed by atoms with Crippen LogP contribution in [0.2, 0.25) is 5.02 Å². The Balaban J connectivity index is 2.17. The van der Waals surface area contributed by atoms with E-state index in [1.165, 1.54) is 5.01 Å². The van der Waals surface area contributed by atoms with E-state index in [0.717, 1.165) is 16.8 Å². The maximum absolute atomic E-state index is 11.8. The van der Waals surface area contributed by atoms with Gasteiger partial charge in [-0.05, 0) is 73.0 Å². The van der Waals surface area contributed by atoms with Gasteiger partial charge in [0, 0.05) is 5.02 Å². The Morgan fingerprint density at radius 2 is 1.78 bits per heavy atom. The third kappa shape index (κ3) is 3.30. The highest BCUT2D eigenvalue weighted by atomic mass is 35.5. The summed E-state index contributed by atoms with van der Waals surface area (Å²) >= 11 is 5.98. The van der Waals surface area contributed by atoms with Crippen LogP contribution in [0.3, 0.4) is 0 Å². The number of rotatable bonds is 6. The van der Waals surface area contributed by atoms with Gasteiger partial charge in [0.05, 0.1) is 16.7 Å². The molecule has 0 aliphatic rings. The summed E-state index contributed by atoms with van der Waals surface area (Å²) in [6.07, 6.45) is 0.562. The number of nitroso groups, excluding NO2 is 1. The van der Waals surface area contributed by atoms with E-state index in [9.17, 15) is 4.91 Å². The molecule has 0 radical (unpaired) electrons. The highest BCUT2D eigenvalue weighted by molar-refractivity contribution is 6.30. The third-order valence-electron chi connectivity index (χ3n) is 4.91. The first kappa shape index (κ1) is 19.0. The predicted octanol–water partition coefficient (Wildman–Crippen LogP) is 4.75. The fraction of sp³-hybridized carbons (Fsp3) is 0.316. The third-order valence-corrected chi connectivity index (χ3v) is 5.16. The topological polar surface area (TPSA) is 76.3 Å². The lowest BCUT2D eigenvalue weighted by Gasteiger charge is -2.35. The number of anilines is 1. The van der Waals surface area contributed by atoms with Gasteiger partial charge in [-0.1, -0.05) is 36.7 Å². The predicted molar refractivity (Wildman–Crippen MR) is 106 cm³/mol. The van der Waals surface area contributed by atoms with Crippen LogP contribution in [0.25, 0.3) is 5.69 Å². The molecule has 0 unspecified atom stereocenters. The lowest BCUT2D eigenvalue weighted by atomic mass is 9.95. The quantitative estimate of drug-likeness (QED) is 0.453. The molecule has 0 aliphatic carbocycles. The van der Waals surface area contributed by atoms with Crippen LogP contribution in [0.5, 0.6) is 0 Å². The average Bonchev–Trinajstić information content (AvgIpc) is 3.13. The summed E-state index contributed by atoms with van der Waals surface area (Å²) < 4.78 is 1.70. The molecule has 7 nitrogen and oxygen atoms in total. The van der Waals surface area contributed by atoms with Crippen LogP contribution in [-0.4, -0.2) is 20.2 Å². The number of halogens is 1. The minimum absolute atomic E-state index is 0.539. The number of para-hydroxylation sites is 1. The first-order valence-electron chi connectivity index (χ1n) is 8.67. The van der Waals surface area contributed by atoms with Crippen molar-refractivity contribution in [3.8, 4) is 5.69 Å². The summed E-state index contributed by atoms with van der Waals surface area (Å²) in [5.41, 5.74) is 2.75. The Kier molecular flexibility index (Phi) is 5.23. The molecule has 1 aromatic heterocycles. The smallest absolute Gasteiger partial charge is 0.184 e. The van der Waals surface area contributed by atoms with Gasteiger partial charge in [0.25, 0.3) is 0 Å². The van der Waals surface area contributed by atoms with E-state index >= 15 is 0 Å². The van der Waals surface area contributed by atoms with Crippen LogP contribution < -0.4 is 5.01 Å². The number of nitrogens with zero attached hydrogens (tertiary/aromatic N) is 6. The molecule has 0 amide bonds.